The molecule has 1 spiro atoms. The van der Waals surface area contributed by atoms with Crippen molar-refractivity contribution in [3.8, 4) is 17.2 Å². The quantitative estimate of drug-likeness (QED) is 0.581. The molecule has 0 bridgehead atoms. The molecule has 4 atom stereocenters. The molecule has 0 radical (unpaired) electrons. The lowest BCUT2D eigenvalue weighted by Gasteiger charge is -2.45. The number of carbonyl (C=O) groups excluding carboxylic acids is 1. The molecule has 1 aliphatic heterocycles. The first-order valence-corrected chi connectivity index (χ1v) is 9.93. The predicted octanol–water partition coefficient (Wildman–Crippen LogP) is 5.96. The molecule has 27 heavy (non-hydrogen) atoms. The van der Waals surface area contributed by atoms with Crippen LogP contribution in [0.15, 0.2) is 18.2 Å². The second kappa shape index (κ2) is 8.55. The lowest BCUT2D eigenvalue weighted by atomic mass is 9.63. The number of fused-ring (bicyclic) bond motifs is 1. The normalized spacial score (nSPS) is 29.2. The molecular formula is C22H31ClO4. The van der Waals surface area contributed by atoms with Crippen molar-refractivity contribution in [1.82, 2.24) is 0 Å². The molecule has 150 valence electrons. The van der Waals surface area contributed by atoms with Crippen LogP contribution in [-0.4, -0.2) is 25.6 Å². The summed E-state index contributed by atoms with van der Waals surface area (Å²) in [6.45, 7) is 10.4. The number of benzene rings is 1. The van der Waals surface area contributed by atoms with Crippen LogP contribution in [0.4, 0.5) is 0 Å². The molecule has 2 aliphatic rings. The first kappa shape index (κ1) is 21.6. The number of carbonyl (C=O) groups is 1. The molecular weight excluding hydrogens is 364 g/mol. The zero-order valence-corrected chi connectivity index (χ0v) is 18.1. The van der Waals surface area contributed by atoms with E-state index >= 15 is 0 Å². The Hall–Kier alpha value is -1.68. The van der Waals surface area contributed by atoms with Gasteiger partial charge in [-0.2, -0.15) is 0 Å². The zero-order valence-electron chi connectivity index (χ0n) is 17.4. The van der Waals surface area contributed by atoms with E-state index < -0.39 is 5.60 Å². The Morgan fingerprint density at radius 1 is 1.11 bits per heavy atom. The average Bonchev–Trinajstić information content (AvgIpc) is 2.99. The standard InChI is InChI=1S/C18H23ClO4.C4H8/c1-9-6-7-10(2)18(11(9)3)17(20)14-12(21-4)8-13(22-5)15(19)16(14)23-18;1-3-4-2/h8-11H,6-7H2,1-5H3;3-4H,1-2H3/t9?,10?,11?,18-;/m0./s1. The Morgan fingerprint density at radius 3 is 2.22 bits per heavy atom. The molecule has 1 fully saturated rings. The van der Waals surface area contributed by atoms with E-state index in [2.05, 4.69) is 20.8 Å². The smallest absolute Gasteiger partial charge is 0.214 e. The van der Waals surface area contributed by atoms with Gasteiger partial charge in [0.2, 0.25) is 5.78 Å². The minimum absolute atomic E-state index is 0.0135. The zero-order chi connectivity index (χ0) is 20.4. The number of methoxy groups -OCH3 is 2. The number of halogens is 1. The van der Waals surface area contributed by atoms with E-state index in [0.29, 0.717) is 33.8 Å². The van der Waals surface area contributed by atoms with Gasteiger partial charge in [0, 0.05) is 17.9 Å². The Balaban J connectivity index is 0.000000596. The summed E-state index contributed by atoms with van der Waals surface area (Å²) in [6, 6.07) is 1.66. The van der Waals surface area contributed by atoms with Crippen molar-refractivity contribution in [2.24, 2.45) is 17.8 Å². The van der Waals surface area contributed by atoms with Gasteiger partial charge in [0.15, 0.2) is 11.4 Å². The van der Waals surface area contributed by atoms with Gasteiger partial charge in [0.1, 0.15) is 22.1 Å². The Kier molecular flexibility index (Phi) is 6.85. The van der Waals surface area contributed by atoms with Crippen molar-refractivity contribution in [2.45, 2.75) is 53.1 Å². The molecule has 3 unspecified atom stereocenters. The van der Waals surface area contributed by atoms with Gasteiger partial charge in [0.25, 0.3) is 0 Å². The van der Waals surface area contributed by atoms with Crippen molar-refractivity contribution in [3.05, 3.63) is 28.8 Å². The van der Waals surface area contributed by atoms with Gasteiger partial charge in [-0.3, -0.25) is 4.79 Å². The third kappa shape index (κ3) is 3.44. The lowest BCUT2D eigenvalue weighted by Crippen LogP contribution is -2.56. The number of Topliss-reactive ketones (excluding diaryl/α,β-unsaturated/α-hetero) is 1. The molecule has 0 saturated heterocycles. The summed E-state index contributed by atoms with van der Waals surface area (Å²) in [7, 11) is 3.07. The topological polar surface area (TPSA) is 44.8 Å². The van der Waals surface area contributed by atoms with Gasteiger partial charge < -0.3 is 14.2 Å². The van der Waals surface area contributed by atoms with Crippen molar-refractivity contribution in [2.75, 3.05) is 14.2 Å². The highest BCUT2D eigenvalue weighted by molar-refractivity contribution is 6.35. The van der Waals surface area contributed by atoms with E-state index in [1.54, 1.807) is 6.07 Å². The van der Waals surface area contributed by atoms with E-state index in [9.17, 15) is 4.79 Å². The maximum atomic E-state index is 13.4. The summed E-state index contributed by atoms with van der Waals surface area (Å²) in [5, 5.41) is 0.339. The van der Waals surface area contributed by atoms with Gasteiger partial charge in [-0.1, -0.05) is 44.5 Å². The highest BCUT2D eigenvalue weighted by atomic mass is 35.5. The van der Waals surface area contributed by atoms with Gasteiger partial charge in [0.05, 0.1) is 14.2 Å². The largest absolute Gasteiger partial charge is 0.496 e. The van der Waals surface area contributed by atoms with Crippen molar-refractivity contribution >= 4 is 17.4 Å². The van der Waals surface area contributed by atoms with E-state index in [1.165, 1.54) is 14.2 Å². The van der Waals surface area contributed by atoms with E-state index in [-0.39, 0.29) is 17.6 Å². The fraction of sp³-hybridized carbons (Fsp3) is 0.591. The first-order chi connectivity index (χ1) is 12.8. The highest BCUT2D eigenvalue weighted by Crippen LogP contribution is 2.56. The summed E-state index contributed by atoms with van der Waals surface area (Å²) in [6.07, 6.45) is 6.06. The average molecular weight is 395 g/mol. The third-order valence-electron chi connectivity index (χ3n) is 6.09. The molecule has 3 rings (SSSR count). The van der Waals surface area contributed by atoms with Crippen LogP contribution in [0.25, 0.3) is 0 Å². The number of hydrogen-bond donors (Lipinski definition) is 0. The van der Waals surface area contributed by atoms with Gasteiger partial charge in [-0.15, -0.1) is 0 Å². The maximum Gasteiger partial charge on any atom is 0.214 e. The SMILES string of the molecule is CC=CC.COc1cc(OC)c2c(c1Cl)O[C@@]1(C2=O)C(C)CCC(C)C1C. The van der Waals surface area contributed by atoms with Gasteiger partial charge in [-0.05, 0) is 32.6 Å². The second-order valence-electron chi connectivity index (χ2n) is 7.43. The minimum atomic E-state index is -0.858. The third-order valence-corrected chi connectivity index (χ3v) is 6.45. The van der Waals surface area contributed by atoms with Crippen LogP contribution in [0.1, 0.15) is 57.8 Å². The summed E-state index contributed by atoms with van der Waals surface area (Å²) >= 11 is 6.43. The van der Waals surface area contributed by atoms with Gasteiger partial charge in [-0.25, -0.2) is 0 Å². The van der Waals surface area contributed by atoms with Crippen LogP contribution >= 0.6 is 11.6 Å². The van der Waals surface area contributed by atoms with Crippen LogP contribution in [0.3, 0.4) is 0 Å². The minimum Gasteiger partial charge on any atom is -0.496 e. The highest BCUT2D eigenvalue weighted by Gasteiger charge is 2.59. The molecule has 0 aromatic heterocycles. The van der Waals surface area contributed by atoms with Crippen molar-refractivity contribution in [3.63, 3.8) is 0 Å². The summed E-state index contributed by atoms with van der Waals surface area (Å²) in [5.41, 5.74) is -0.408. The Morgan fingerprint density at radius 2 is 1.70 bits per heavy atom. The van der Waals surface area contributed by atoms with E-state index in [4.69, 9.17) is 25.8 Å². The van der Waals surface area contributed by atoms with Crippen LogP contribution in [0.2, 0.25) is 5.02 Å². The monoisotopic (exact) mass is 394 g/mol. The van der Waals surface area contributed by atoms with Crippen LogP contribution in [-0.2, 0) is 0 Å². The summed E-state index contributed by atoms with van der Waals surface area (Å²) in [4.78, 5) is 13.4. The molecule has 0 amide bonds. The number of ketones is 1. The van der Waals surface area contributed by atoms with E-state index in [0.717, 1.165) is 12.8 Å². The van der Waals surface area contributed by atoms with Crippen molar-refractivity contribution in [1.29, 1.82) is 0 Å². The molecule has 1 aromatic rings. The first-order valence-electron chi connectivity index (χ1n) is 9.55. The predicted molar refractivity (Wildman–Crippen MR) is 109 cm³/mol. The Bertz CT molecular complexity index is 724. The van der Waals surface area contributed by atoms with Crippen LogP contribution < -0.4 is 14.2 Å². The van der Waals surface area contributed by atoms with E-state index in [1.807, 2.05) is 26.0 Å². The number of hydrogen-bond acceptors (Lipinski definition) is 4. The molecule has 1 heterocycles. The Labute approximate surface area is 167 Å². The maximum absolute atomic E-state index is 13.4. The number of ether oxygens (including phenoxy) is 3. The fourth-order valence-corrected chi connectivity index (χ4v) is 4.36. The summed E-state index contributed by atoms with van der Waals surface area (Å²) in [5.74, 6) is 1.95. The molecule has 1 saturated carbocycles. The second-order valence-corrected chi connectivity index (χ2v) is 7.81. The molecule has 4 nitrogen and oxygen atoms in total. The lowest BCUT2D eigenvalue weighted by molar-refractivity contribution is -0.0431. The molecule has 5 heteroatoms. The van der Waals surface area contributed by atoms with Gasteiger partial charge >= 0.3 is 0 Å². The summed E-state index contributed by atoms with van der Waals surface area (Å²) < 4.78 is 17.0. The number of rotatable bonds is 2. The van der Waals surface area contributed by atoms with Crippen LogP contribution in [0, 0.1) is 17.8 Å². The molecule has 1 aromatic carbocycles. The molecule has 1 aliphatic carbocycles. The molecule has 0 N–H and O–H groups in total. The van der Waals surface area contributed by atoms with Crippen molar-refractivity contribution < 1.29 is 19.0 Å². The fourth-order valence-electron chi connectivity index (χ4n) is 4.09. The number of allylic oxidation sites excluding steroid dienone is 2. The van der Waals surface area contributed by atoms with Crippen LogP contribution in [0.5, 0.6) is 17.2 Å².